The Balaban J connectivity index is 1.97. The first-order valence-electron chi connectivity index (χ1n) is 5.63. The quantitative estimate of drug-likeness (QED) is 0.906. The highest BCUT2D eigenvalue weighted by Gasteiger charge is 2.31. The third-order valence-electron chi connectivity index (χ3n) is 2.55. The lowest BCUT2D eigenvalue weighted by molar-refractivity contribution is -0.137. The summed E-state index contributed by atoms with van der Waals surface area (Å²) in [5, 5.41) is 3.46. The van der Waals surface area contributed by atoms with Gasteiger partial charge in [0.2, 0.25) is 0 Å². The van der Waals surface area contributed by atoms with Crippen LogP contribution in [-0.2, 0) is 6.18 Å². The molecule has 1 fully saturated rings. The number of rotatable bonds is 3. The van der Waals surface area contributed by atoms with Crippen molar-refractivity contribution in [2.75, 3.05) is 29.1 Å². The second-order valence-corrected chi connectivity index (χ2v) is 6.97. The van der Waals surface area contributed by atoms with E-state index in [4.69, 9.17) is 11.6 Å². The molecule has 1 saturated heterocycles. The highest BCUT2D eigenvalue weighted by atomic mass is 35.5. The van der Waals surface area contributed by atoms with E-state index in [9.17, 15) is 13.2 Å². The van der Waals surface area contributed by atoms with Crippen LogP contribution in [0.5, 0.6) is 0 Å². The van der Waals surface area contributed by atoms with Crippen molar-refractivity contribution >= 4 is 40.9 Å². The molecule has 8 heteroatoms. The summed E-state index contributed by atoms with van der Waals surface area (Å²) in [6, 6.07) is 0.902. The fourth-order valence-corrected chi connectivity index (χ4v) is 4.43. The lowest BCUT2D eigenvalue weighted by atomic mass is 10.3. The maximum absolute atomic E-state index is 12.5. The maximum atomic E-state index is 12.5. The van der Waals surface area contributed by atoms with Gasteiger partial charge in [-0.1, -0.05) is 11.6 Å². The van der Waals surface area contributed by atoms with Crippen LogP contribution in [-0.4, -0.2) is 34.0 Å². The molecule has 106 valence electrons. The average Bonchev–Trinajstić information content (AvgIpc) is 2.37. The van der Waals surface area contributed by atoms with Gasteiger partial charge in [0.25, 0.3) is 0 Å². The van der Waals surface area contributed by atoms with Crippen molar-refractivity contribution in [3.8, 4) is 0 Å². The monoisotopic (exact) mass is 328 g/mol. The van der Waals surface area contributed by atoms with Gasteiger partial charge in [-0.3, -0.25) is 0 Å². The van der Waals surface area contributed by atoms with Crippen LogP contribution in [0.2, 0.25) is 5.02 Å². The SMILES string of the molecule is FC(F)(F)c1cnc(NCC2CSCCS2)c(Cl)c1. The Bertz CT molecular complexity index is 436. The summed E-state index contributed by atoms with van der Waals surface area (Å²) in [7, 11) is 0. The molecule has 0 saturated carbocycles. The van der Waals surface area contributed by atoms with Crippen LogP contribution in [0.4, 0.5) is 19.0 Å². The molecule has 0 amide bonds. The first-order chi connectivity index (χ1) is 8.97. The van der Waals surface area contributed by atoms with E-state index in [1.54, 1.807) is 0 Å². The molecular weight excluding hydrogens is 317 g/mol. The molecule has 1 atom stereocenters. The molecule has 0 aliphatic carbocycles. The van der Waals surface area contributed by atoms with E-state index in [1.807, 2.05) is 23.5 Å². The van der Waals surface area contributed by atoms with Crippen LogP contribution in [0.3, 0.4) is 0 Å². The maximum Gasteiger partial charge on any atom is 0.417 e. The molecule has 19 heavy (non-hydrogen) atoms. The van der Waals surface area contributed by atoms with Crippen molar-refractivity contribution in [1.29, 1.82) is 0 Å². The van der Waals surface area contributed by atoms with E-state index in [-0.39, 0.29) is 5.02 Å². The Morgan fingerprint density at radius 3 is 2.79 bits per heavy atom. The number of halogens is 4. The van der Waals surface area contributed by atoms with Crippen LogP contribution in [0.25, 0.3) is 0 Å². The van der Waals surface area contributed by atoms with Crippen molar-refractivity contribution in [3.05, 3.63) is 22.8 Å². The predicted molar refractivity (Wildman–Crippen MR) is 76.3 cm³/mol. The number of pyridine rings is 1. The average molecular weight is 329 g/mol. The minimum absolute atomic E-state index is 0.00304. The van der Waals surface area contributed by atoms with E-state index in [0.717, 1.165) is 29.5 Å². The van der Waals surface area contributed by atoms with Crippen LogP contribution < -0.4 is 5.32 Å². The highest BCUT2D eigenvalue weighted by Crippen LogP contribution is 2.32. The first-order valence-corrected chi connectivity index (χ1v) is 8.21. The summed E-state index contributed by atoms with van der Waals surface area (Å²) in [5.41, 5.74) is -0.828. The van der Waals surface area contributed by atoms with Gasteiger partial charge >= 0.3 is 6.18 Å². The fraction of sp³-hybridized carbons (Fsp3) is 0.545. The summed E-state index contributed by atoms with van der Waals surface area (Å²) in [5.74, 6) is 3.60. The molecule has 1 aromatic heterocycles. The van der Waals surface area contributed by atoms with E-state index >= 15 is 0 Å². The number of nitrogens with zero attached hydrogens (tertiary/aromatic N) is 1. The third-order valence-corrected chi connectivity index (χ3v) is 5.68. The molecular formula is C11H12ClF3N2S2. The van der Waals surface area contributed by atoms with Gasteiger partial charge in [-0.15, -0.1) is 0 Å². The Labute approximate surface area is 122 Å². The van der Waals surface area contributed by atoms with Gasteiger partial charge in [0.05, 0.1) is 10.6 Å². The summed E-state index contributed by atoms with van der Waals surface area (Å²) >= 11 is 9.56. The number of nitrogens with one attached hydrogen (secondary N) is 1. The van der Waals surface area contributed by atoms with Crippen LogP contribution in [0, 0.1) is 0 Å². The summed E-state index contributed by atoms with van der Waals surface area (Å²) in [6.45, 7) is 0.662. The molecule has 2 heterocycles. The standard InChI is InChI=1S/C11H12ClF3N2S2/c12-9-3-7(11(13,14)15)4-16-10(9)17-5-8-6-18-1-2-19-8/h3-4,8H,1-2,5-6H2,(H,16,17). The smallest absolute Gasteiger partial charge is 0.368 e. The van der Waals surface area contributed by atoms with Crippen LogP contribution in [0.15, 0.2) is 12.3 Å². The van der Waals surface area contributed by atoms with E-state index < -0.39 is 11.7 Å². The topological polar surface area (TPSA) is 24.9 Å². The largest absolute Gasteiger partial charge is 0.417 e. The molecule has 0 radical (unpaired) electrons. The van der Waals surface area contributed by atoms with Gasteiger partial charge in [0.15, 0.2) is 0 Å². The predicted octanol–water partition coefficient (Wildman–Crippen LogP) is 4.01. The molecule has 1 N–H and O–H groups in total. The summed E-state index contributed by atoms with van der Waals surface area (Å²) in [6.07, 6.45) is -3.61. The van der Waals surface area contributed by atoms with Gasteiger partial charge in [-0.05, 0) is 6.07 Å². The van der Waals surface area contributed by atoms with Gasteiger partial charge in [-0.25, -0.2) is 4.98 Å². The van der Waals surface area contributed by atoms with E-state index in [0.29, 0.717) is 17.6 Å². The second kappa shape index (κ2) is 6.45. The van der Waals surface area contributed by atoms with Crippen molar-refractivity contribution in [1.82, 2.24) is 4.98 Å². The fourth-order valence-electron chi connectivity index (χ4n) is 1.59. The minimum atomic E-state index is -4.41. The van der Waals surface area contributed by atoms with Gasteiger partial charge in [-0.2, -0.15) is 36.7 Å². The molecule has 1 aliphatic heterocycles. The molecule has 2 rings (SSSR count). The second-order valence-electron chi connectivity index (χ2n) is 4.00. The Kier molecular flexibility index (Phi) is 5.14. The van der Waals surface area contributed by atoms with E-state index in [2.05, 4.69) is 10.3 Å². The summed E-state index contributed by atoms with van der Waals surface area (Å²) < 4.78 is 37.4. The first kappa shape index (κ1) is 15.1. The number of thioether (sulfide) groups is 2. The van der Waals surface area contributed by atoms with Crippen LogP contribution >= 0.6 is 35.1 Å². The summed E-state index contributed by atoms with van der Waals surface area (Å²) in [4.78, 5) is 3.75. The minimum Gasteiger partial charge on any atom is -0.368 e. The van der Waals surface area contributed by atoms with Crippen LogP contribution in [0.1, 0.15) is 5.56 Å². The normalized spacial score (nSPS) is 20.3. The van der Waals surface area contributed by atoms with Crippen molar-refractivity contribution in [2.45, 2.75) is 11.4 Å². The molecule has 1 unspecified atom stereocenters. The van der Waals surface area contributed by atoms with Crippen molar-refractivity contribution in [2.24, 2.45) is 0 Å². The van der Waals surface area contributed by atoms with Gasteiger partial charge in [0.1, 0.15) is 5.82 Å². The van der Waals surface area contributed by atoms with Crippen molar-refractivity contribution in [3.63, 3.8) is 0 Å². The lowest BCUT2D eigenvalue weighted by Crippen LogP contribution is -2.23. The van der Waals surface area contributed by atoms with E-state index in [1.165, 1.54) is 0 Å². The Morgan fingerprint density at radius 1 is 1.42 bits per heavy atom. The highest BCUT2D eigenvalue weighted by molar-refractivity contribution is 8.06. The molecule has 0 spiro atoms. The molecule has 1 aromatic rings. The number of hydrogen-bond acceptors (Lipinski definition) is 4. The third kappa shape index (κ3) is 4.36. The van der Waals surface area contributed by atoms with Gasteiger partial charge < -0.3 is 5.32 Å². The Hall–Kier alpha value is -0.270. The Morgan fingerprint density at radius 2 is 2.21 bits per heavy atom. The molecule has 0 aromatic carbocycles. The number of aromatic nitrogens is 1. The zero-order valence-corrected chi connectivity index (χ0v) is 12.2. The van der Waals surface area contributed by atoms with Crippen molar-refractivity contribution < 1.29 is 13.2 Å². The molecule has 2 nitrogen and oxygen atoms in total. The molecule has 0 bridgehead atoms. The number of alkyl halides is 3. The zero-order chi connectivity index (χ0) is 13.9. The lowest BCUT2D eigenvalue weighted by Gasteiger charge is -2.21. The number of anilines is 1. The number of hydrogen-bond donors (Lipinski definition) is 1. The zero-order valence-electron chi connectivity index (χ0n) is 9.84. The molecule has 1 aliphatic rings. The van der Waals surface area contributed by atoms with Gasteiger partial charge in [0, 0.05) is 35.3 Å².